The van der Waals surface area contributed by atoms with E-state index < -0.39 is 11.7 Å². The Morgan fingerprint density at radius 2 is 2.08 bits per heavy atom. The number of aliphatic hydroxyl groups is 1. The van der Waals surface area contributed by atoms with E-state index in [2.05, 4.69) is 25.6 Å². The quantitative estimate of drug-likeness (QED) is 0.747. The van der Waals surface area contributed by atoms with Crippen LogP contribution in [0.4, 0.5) is 24.9 Å². The van der Waals surface area contributed by atoms with Crippen LogP contribution in [0.2, 0.25) is 0 Å². The van der Waals surface area contributed by atoms with E-state index in [0.29, 0.717) is 12.8 Å². The molecular formula is C16H15F3N6O. The molecule has 1 fully saturated rings. The molecule has 0 aromatic carbocycles. The summed E-state index contributed by atoms with van der Waals surface area (Å²) in [7, 11) is 0. The van der Waals surface area contributed by atoms with Gasteiger partial charge in [-0.05, 0) is 18.9 Å². The molecule has 0 atom stereocenters. The summed E-state index contributed by atoms with van der Waals surface area (Å²) in [6.07, 6.45) is -0.258. The highest BCUT2D eigenvalue weighted by atomic mass is 19.4. The van der Waals surface area contributed by atoms with Crippen molar-refractivity contribution < 1.29 is 18.3 Å². The zero-order chi connectivity index (χ0) is 18.7. The van der Waals surface area contributed by atoms with Gasteiger partial charge in [-0.25, -0.2) is 4.98 Å². The molecule has 0 spiro atoms. The highest BCUT2D eigenvalue weighted by molar-refractivity contribution is 5.54. The zero-order valence-corrected chi connectivity index (χ0v) is 13.5. The minimum Gasteiger partial charge on any atom is -0.393 e. The highest BCUT2D eigenvalue weighted by Crippen LogP contribution is 2.31. The van der Waals surface area contributed by atoms with Crippen LogP contribution in [0.3, 0.4) is 0 Å². The van der Waals surface area contributed by atoms with Crippen LogP contribution in [0, 0.1) is 11.3 Å². The number of hydrogen-bond acceptors (Lipinski definition) is 7. The summed E-state index contributed by atoms with van der Waals surface area (Å²) in [5, 5.41) is 24.2. The molecule has 26 heavy (non-hydrogen) atoms. The molecule has 2 aromatic rings. The van der Waals surface area contributed by atoms with E-state index in [1.165, 1.54) is 6.20 Å². The van der Waals surface area contributed by atoms with Crippen LogP contribution in [0.25, 0.3) is 0 Å². The van der Waals surface area contributed by atoms with Crippen molar-refractivity contribution in [2.75, 3.05) is 10.6 Å². The molecule has 0 radical (unpaired) electrons. The third-order valence-electron chi connectivity index (χ3n) is 4.01. The van der Waals surface area contributed by atoms with Crippen LogP contribution in [0.1, 0.15) is 29.5 Å². The minimum atomic E-state index is -4.48. The van der Waals surface area contributed by atoms with Crippen molar-refractivity contribution in [3.05, 3.63) is 41.3 Å². The van der Waals surface area contributed by atoms with Gasteiger partial charge >= 0.3 is 6.18 Å². The van der Waals surface area contributed by atoms with Crippen molar-refractivity contribution in [2.24, 2.45) is 0 Å². The van der Waals surface area contributed by atoms with Crippen molar-refractivity contribution in [1.82, 2.24) is 15.0 Å². The topological polar surface area (TPSA) is 107 Å². The minimum absolute atomic E-state index is 0.00462. The molecule has 3 N–H and O–H groups in total. The Morgan fingerprint density at radius 3 is 2.73 bits per heavy atom. The maximum absolute atomic E-state index is 13.0. The average molecular weight is 364 g/mol. The van der Waals surface area contributed by atoms with Gasteiger partial charge < -0.3 is 15.7 Å². The Balaban J connectivity index is 1.74. The number of aliphatic hydroxyl groups excluding tert-OH is 1. The third-order valence-corrected chi connectivity index (χ3v) is 4.01. The molecule has 0 bridgehead atoms. The molecule has 3 rings (SSSR count). The zero-order valence-electron chi connectivity index (χ0n) is 13.5. The van der Waals surface area contributed by atoms with Gasteiger partial charge in [0, 0.05) is 30.5 Å². The number of nitrogens with zero attached hydrogens (tertiary/aromatic N) is 4. The van der Waals surface area contributed by atoms with Gasteiger partial charge in [0.25, 0.3) is 0 Å². The smallest absolute Gasteiger partial charge is 0.393 e. The first-order valence-corrected chi connectivity index (χ1v) is 7.82. The van der Waals surface area contributed by atoms with Crippen molar-refractivity contribution >= 4 is 11.8 Å². The fraction of sp³-hybridized carbons (Fsp3) is 0.375. The second-order valence-electron chi connectivity index (χ2n) is 5.92. The first kappa shape index (κ1) is 17.9. The Morgan fingerprint density at radius 1 is 1.31 bits per heavy atom. The van der Waals surface area contributed by atoms with E-state index in [-0.39, 0.29) is 41.6 Å². The summed E-state index contributed by atoms with van der Waals surface area (Å²) in [5.74, 6) is 0.368. The molecule has 1 saturated carbocycles. The van der Waals surface area contributed by atoms with E-state index in [1.54, 1.807) is 0 Å². The molecular weight excluding hydrogens is 349 g/mol. The number of nitriles is 1. The van der Waals surface area contributed by atoms with Gasteiger partial charge in [-0.3, -0.25) is 4.98 Å². The molecule has 136 valence electrons. The summed E-state index contributed by atoms with van der Waals surface area (Å²) in [5.41, 5.74) is -0.602. The first-order chi connectivity index (χ1) is 12.4. The molecule has 2 heterocycles. The number of hydrogen-bond donors (Lipinski definition) is 3. The average Bonchev–Trinajstić information content (AvgIpc) is 2.58. The van der Waals surface area contributed by atoms with Gasteiger partial charge in [-0.1, -0.05) is 0 Å². The molecule has 7 nitrogen and oxygen atoms in total. The van der Waals surface area contributed by atoms with Crippen LogP contribution in [0.5, 0.6) is 0 Å². The first-order valence-electron chi connectivity index (χ1n) is 7.82. The fourth-order valence-corrected chi connectivity index (χ4v) is 2.58. The SMILES string of the molecule is N#Cc1cnc(NCc2cnccc2C(F)(F)F)nc1NC1CC(O)C1. The molecule has 2 aromatic heterocycles. The normalized spacial score (nSPS) is 19.3. The largest absolute Gasteiger partial charge is 0.416 e. The van der Waals surface area contributed by atoms with E-state index in [9.17, 15) is 18.3 Å². The van der Waals surface area contributed by atoms with Crippen LogP contribution in [0.15, 0.2) is 24.7 Å². The number of pyridine rings is 1. The summed E-state index contributed by atoms with van der Waals surface area (Å²) in [4.78, 5) is 11.8. The summed E-state index contributed by atoms with van der Waals surface area (Å²) in [6.45, 7) is -0.170. The lowest BCUT2D eigenvalue weighted by atomic mass is 9.89. The summed E-state index contributed by atoms with van der Waals surface area (Å²) in [6, 6.07) is 2.86. The van der Waals surface area contributed by atoms with Gasteiger partial charge in [0.2, 0.25) is 5.95 Å². The standard InChI is InChI=1S/C16H15F3N6O/c17-16(18,19)13-1-2-21-6-10(13)8-23-15-22-7-9(5-20)14(25-15)24-11-3-12(26)4-11/h1-2,6-7,11-12,26H,3-4,8H2,(H2,22,23,24,25). The van der Waals surface area contributed by atoms with Gasteiger partial charge in [-0.2, -0.15) is 23.4 Å². The number of nitrogens with one attached hydrogen (secondary N) is 2. The third kappa shape index (κ3) is 4.00. The number of rotatable bonds is 5. The highest BCUT2D eigenvalue weighted by Gasteiger charge is 2.33. The van der Waals surface area contributed by atoms with Crippen molar-refractivity contribution in [3.8, 4) is 6.07 Å². The maximum atomic E-state index is 13.0. The van der Waals surface area contributed by atoms with E-state index in [1.807, 2.05) is 6.07 Å². The Labute approximate surface area is 146 Å². The Kier molecular flexibility index (Phi) is 4.90. The van der Waals surface area contributed by atoms with Gasteiger partial charge in [0.1, 0.15) is 17.5 Å². The second kappa shape index (κ2) is 7.13. The Hall–Kier alpha value is -2.93. The van der Waals surface area contributed by atoms with Gasteiger partial charge in [0.05, 0.1) is 17.9 Å². The molecule has 0 saturated heterocycles. The summed E-state index contributed by atoms with van der Waals surface area (Å²) < 4.78 is 39.0. The lowest BCUT2D eigenvalue weighted by Crippen LogP contribution is -2.39. The van der Waals surface area contributed by atoms with Gasteiger partial charge in [0.15, 0.2) is 0 Å². The maximum Gasteiger partial charge on any atom is 0.416 e. The molecule has 1 aliphatic rings. The monoisotopic (exact) mass is 364 g/mol. The Bertz CT molecular complexity index is 829. The number of halogens is 3. The number of anilines is 2. The summed E-state index contributed by atoms with van der Waals surface area (Å²) >= 11 is 0. The lowest BCUT2D eigenvalue weighted by molar-refractivity contribution is -0.138. The fourth-order valence-electron chi connectivity index (χ4n) is 2.58. The van der Waals surface area contributed by atoms with Crippen molar-refractivity contribution in [2.45, 2.75) is 37.7 Å². The molecule has 1 aliphatic carbocycles. The van der Waals surface area contributed by atoms with E-state index >= 15 is 0 Å². The van der Waals surface area contributed by atoms with E-state index in [0.717, 1.165) is 18.5 Å². The van der Waals surface area contributed by atoms with Crippen LogP contribution < -0.4 is 10.6 Å². The predicted octanol–water partition coefficient (Wildman–Crippen LogP) is 2.31. The van der Waals surface area contributed by atoms with Crippen LogP contribution in [-0.4, -0.2) is 32.2 Å². The van der Waals surface area contributed by atoms with Crippen LogP contribution >= 0.6 is 0 Å². The van der Waals surface area contributed by atoms with Crippen molar-refractivity contribution in [1.29, 1.82) is 5.26 Å². The van der Waals surface area contributed by atoms with E-state index in [4.69, 9.17) is 5.26 Å². The van der Waals surface area contributed by atoms with Crippen LogP contribution in [-0.2, 0) is 12.7 Å². The second-order valence-corrected chi connectivity index (χ2v) is 5.92. The lowest BCUT2D eigenvalue weighted by Gasteiger charge is -2.32. The van der Waals surface area contributed by atoms with Gasteiger partial charge in [-0.15, -0.1) is 0 Å². The van der Waals surface area contributed by atoms with Crippen molar-refractivity contribution in [3.63, 3.8) is 0 Å². The molecule has 10 heteroatoms. The predicted molar refractivity (Wildman–Crippen MR) is 86.0 cm³/mol. The molecule has 0 amide bonds. The number of aromatic nitrogens is 3. The molecule has 0 unspecified atom stereocenters. The number of alkyl halides is 3. The molecule has 0 aliphatic heterocycles.